The molecule has 2 aromatic carbocycles. The van der Waals surface area contributed by atoms with E-state index in [-0.39, 0.29) is 24.6 Å². The van der Waals surface area contributed by atoms with Gasteiger partial charge in [-0.1, -0.05) is 29.8 Å². The van der Waals surface area contributed by atoms with Crippen molar-refractivity contribution in [1.29, 1.82) is 0 Å². The smallest absolute Gasteiger partial charge is 0.250 e. The van der Waals surface area contributed by atoms with Crippen LogP contribution in [-0.2, 0) is 9.53 Å². The number of ether oxygens (including phenoxy) is 1. The van der Waals surface area contributed by atoms with Crippen molar-refractivity contribution in [2.45, 2.75) is 19.0 Å². The van der Waals surface area contributed by atoms with Crippen molar-refractivity contribution in [3.8, 4) is 11.3 Å². The normalized spacial score (nSPS) is 17.1. The van der Waals surface area contributed by atoms with Crippen molar-refractivity contribution in [3.63, 3.8) is 0 Å². The highest BCUT2D eigenvalue weighted by Crippen LogP contribution is 2.43. The van der Waals surface area contributed by atoms with E-state index in [1.54, 1.807) is 6.20 Å². The SMILES string of the molecule is COCC(=O)Nc1ccc(N2C(=S)N[C@@H](c3ccccn3)[C@H]2c2ccc(-c3cccc(Cl)c3C)o2)cc1. The molecule has 9 heteroatoms. The van der Waals surface area contributed by atoms with Crippen molar-refractivity contribution in [1.82, 2.24) is 10.3 Å². The van der Waals surface area contributed by atoms with Crippen LogP contribution in [0.4, 0.5) is 11.4 Å². The molecule has 1 saturated heterocycles. The highest BCUT2D eigenvalue weighted by atomic mass is 35.5. The van der Waals surface area contributed by atoms with E-state index in [4.69, 9.17) is 33.0 Å². The first-order valence-corrected chi connectivity index (χ1v) is 12.5. The van der Waals surface area contributed by atoms with Gasteiger partial charge in [-0.15, -0.1) is 0 Å². The second kappa shape index (κ2) is 10.7. The number of halogens is 1. The van der Waals surface area contributed by atoms with E-state index in [0.717, 1.165) is 34.0 Å². The van der Waals surface area contributed by atoms with Crippen molar-refractivity contribution >= 4 is 46.2 Å². The summed E-state index contributed by atoms with van der Waals surface area (Å²) >= 11 is 12.2. The Hall–Kier alpha value is -3.72. The number of hydrogen-bond donors (Lipinski definition) is 2. The summed E-state index contributed by atoms with van der Waals surface area (Å²) in [4.78, 5) is 18.5. The van der Waals surface area contributed by atoms with Gasteiger partial charge in [0.1, 0.15) is 24.2 Å². The van der Waals surface area contributed by atoms with Crippen LogP contribution in [0.25, 0.3) is 11.3 Å². The van der Waals surface area contributed by atoms with E-state index in [0.29, 0.717) is 15.8 Å². The molecule has 1 aliphatic rings. The molecule has 2 atom stereocenters. The van der Waals surface area contributed by atoms with Gasteiger partial charge in [0.25, 0.3) is 0 Å². The van der Waals surface area contributed by atoms with Gasteiger partial charge in [-0.3, -0.25) is 9.78 Å². The largest absolute Gasteiger partial charge is 0.459 e. The van der Waals surface area contributed by atoms with E-state index in [9.17, 15) is 4.79 Å². The molecule has 7 nitrogen and oxygen atoms in total. The Morgan fingerprint density at radius 2 is 1.95 bits per heavy atom. The number of methoxy groups -OCH3 is 1. The van der Waals surface area contributed by atoms with Gasteiger partial charge in [0.15, 0.2) is 5.11 Å². The van der Waals surface area contributed by atoms with Crippen LogP contribution in [0.15, 0.2) is 83.4 Å². The molecule has 2 aromatic heterocycles. The maximum absolute atomic E-state index is 11.9. The number of thiocarbonyl (C=S) groups is 1. The highest BCUT2D eigenvalue weighted by molar-refractivity contribution is 7.80. The summed E-state index contributed by atoms with van der Waals surface area (Å²) < 4.78 is 11.3. The Labute approximate surface area is 225 Å². The van der Waals surface area contributed by atoms with Gasteiger partial charge in [0.05, 0.1) is 11.7 Å². The molecule has 4 aromatic rings. The molecule has 188 valence electrons. The van der Waals surface area contributed by atoms with E-state index in [1.807, 2.05) is 84.6 Å². The lowest BCUT2D eigenvalue weighted by Crippen LogP contribution is -2.29. The molecule has 0 radical (unpaired) electrons. The van der Waals surface area contributed by atoms with Gasteiger partial charge < -0.3 is 24.7 Å². The van der Waals surface area contributed by atoms with Gasteiger partial charge in [-0.2, -0.15) is 0 Å². The minimum atomic E-state index is -0.301. The molecule has 1 fully saturated rings. The van der Waals surface area contributed by atoms with E-state index in [1.165, 1.54) is 7.11 Å². The second-order valence-corrected chi connectivity index (χ2v) is 9.43. The number of amides is 1. The Morgan fingerprint density at radius 3 is 2.68 bits per heavy atom. The third-order valence-corrected chi connectivity index (χ3v) is 6.98. The number of benzene rings is 2. The van der Waals surface area contributed by atoms with Crippen LogP contribution < -0.4 is 15.5 Å². The zero-order chi connectivity index (χ0) is 25.9. The molecule has 5 rings (SSSR count). The van der Waals surface area contributed by atoms with Crippen LogP contribution in [0.1, 0.15) is 29.1 Å². The number of furan rings is 1. The van der Waals surface area contributed by atoms with Crippen LogP contribution in [0.2, 0.25) is 5.02 Å². The molecule has 0 spiro atoms. The van der Waals surface area contributed by atoms with E-state index in [2.05, 4.69) is 15.6 Å². The van der Waals surface area contributed by atoms with Gasteiger partial charge in [0.2, 0.25) is 5.91 Å². The fourth-order valence-electron chi connectivity index (χ4n) is 4.49. The molecular weight excluding hydrogens is 508 g/mol. The fourth-order valence-corrected chi connectivity index (χ4v) is 5.01. The van der Waals surface area contributed by atoms with Crippen LogP contribution >= 0.6 is 23.8 Å². The number of nitrogens with one attached hydrogen (secondary N) is 2. The Kier molecular flexibility index (Phi) is 7.23. The quantitative estimate of drug-likeness (QED) is 0.280. The summed E-state index contributed by atoms with van der Waals surface area (Å²) in [6, 6.07) is 22.4. The lowest BCUT2D eigenvalue weighted by Gasteiger charge is -2.26. The molecule has 1 amide bonds. The molecule has 3 heterocycles. The summed E-state index contributed by atoms with van der Waals surface area (Å²) in [5.41, 5.74) is 4.25. The maximum Gasteiger partial charge on any atom is 0.250 e. The molecule has 0 bridgehead atoms. The number of pyridine rings is 1. The molecule has 0 unspecified atom stereocenters. The Bertz CT molecular complexity index is 1430. The summed E-state index contributed by atoms with van der Waals surface area (Å²) in [6.07, 6.45) is 1.76. The number of carbonyl (C=O) groups excluding carboxylic acids is 1. The number of hydrogen-bond acceptors (Lipinski definition) is 5. The van der Waals surface area contributed by atoms with Crippen molar-refractivity contribution in [2.24, 2.45) is 0 Å². The predicted octanol–water partition coefficient (Wildman–Crippen LogP) is 6.07. The second-order valence-electron chi connectivity index (χ2n) is 8.64. The molecular formula is C28H25ClN4O3S. The van der Waals surface area contributed by atoms with Gasteiger partial charge >= 0.3 is 0 Å². The van der Waals surface area contributed by atoms with Crippen LogP contribution in [-0.4, -0.2) is 29.7 Å². The zero-order valence-corrected chi connectivity index (χ0v) is 21.8. The summed E-state index contributed by atoms with van der Waals surface area (Å²) in [6.45, 7) is 1.96. The minimum Gasteiger partial charge on any atom is -0.459 e. The molecule has 37 heavy (non-hydrogen) atoms. The van der Waals surface area contributed by atoms with E-state index < -0.39 is 0 Å². The molecule has 0 saturated carbocycles. The van der Waals surface area contributed by atoms with Gasteiger partial charge in [-0.05, 0) is 79.3 Å². The van der Waals surface area contributed by atoms with Crippen molar-refractivity contribution < 1.29 is 13.9 Å². The zero-order valence-electron chi connectivity index (χ0n) is 20.3. The highest BCUT2D eigenvalue weighted by Gasteiger charge is 2.42. The van der Waals surface area contributed by atoms with Gasteiger partial charge in [0, 0.05) is 35.3 Å². The third-order valence-electron chi connectivity index (χ3n) is 6.25. The minimum absolute atomic E-state index is 0.0113. The number of carbonyl (C=O) groups is 1. The Morgan fingerprint density at radius 1 is 1.14 bits per heavy atom. The predicted molar refractivity (Wildman–Crippen MR) is 149 cm³/mol. The number of aromatic nitrogens is 1. The van der Waals surface area contributed by atoms with Crippen LogP contribution in [0.5, 0.6) is 0 Å². The first-order chi connectivity index (χ1) is 18.0. The molecule has 1 aliphatic heterocycles. The first kappa shape index (κ1) is 25.0. The first-order valence-electron chi connectivity index (χ1n) is 11.7. The van der Waals surface area contributed by atoms with Crippen molar-refractivity contribution in [2.75, 3.05) is 23.9 Å². The van der Waals surface area contributed by atoms with Crippen molar-refractivity contribution in [3.05, 3.63) is 101 Å². The number of nitrogens with zero attached hydrogens (tertiary/aromatic N) is 2. The average molecular weight is 533 g/mol. The summed E-state index contributed by atoms with van der Waals surface area (Å²) in [7, 11) is 1.48. The summed E-state index contributed by atoms with van der Waals surface area (Å²) in [5.74, 6) is 1.24. The monoisotopic (exact) mass is 532 g/mol. The topological polar surface area (TPSA) is 79.6 Å². The summed E-state index contributed by atoms with van der Waals surface area (Å²) in [5, 5.41) is 7.47. The van der Waals surface area contributed by atoms with E-state index >= 15 is 0 Å². The molecule has 0 aliphatic carbocycles. The van der Waals surface area contributed by atoms with Gasteiger partial charge in [-0.25, -0.2) is 0 Å². The number of rotatable bonds is 7. The standard InChI is InChI=1S/C28H25ClN4O3S/c1-17-20(6-5-7-21(17)29)23-13-14-24(36-23)27-26(22-8-3-4-15-30-22)32-28(37)33(27)19-11-9-18(10-12-19)31-25(34)16-35-2/h3-15,26-27H,16H2,1-2H3,(H,31,34)(H,32,37)/t26-,27+/m0/s1. The number of anilines is 2. The lowest BCUT2D eigenvalue weighted by atomic mass is 10.0. The van der Waals surface area contributed by atoms with Crippen LogP contribution in [0.3, 0.4) is 0 Å². The molecule has 2 N–H and O–H groups in total. The fraction of sp³-hybridized carbons (Fsp3) is 0.179. The lowest BCUT2D eigenvalue weighted by molar-refractivity contribution is -0.119. The van der Waals surface area contributed by atoms with Crippen LogP contribution in [0, 0.1) is 6.92 Å². The average Bonchev–Trinajstić information content (AvgIpc) is 3.51. The maximum atomic E-state index is 11.9. The Balaban J connectivity index is 1.52. The third kappa shape index (κ3) is 5.09.